The van der Waals surface area contributed by atoms with E-state index in [0.717, 1.165) is 11.1 Å². The molecule has 1 unspecified atom stereocenters. The van der Waals surface area contributed by atoms with Crippen LogP contribution in [0.4, 0.5) is 5.69 Å². The number of phenols is 1. The number of anilines is 1. The van der Waals surface area contributed by atoms with E-state index in [9.17, 15) is 9.90 Å². The smallest absolute Gasteiger partial charge is 0.242 e. The van der Waals surface area contributed by atoms with Crippen LogP contribution in [0.25, 0.3) is 12.2 Å². The highest BCUT2D eigenvalue weighted by Gasteiger charge is 2.13. The summed E-state index contributed by atoms with van der Waals surface area (Å²) in [6, 6.07) is 7.51. The number of carbonyl (C=O) groups excluding carboxylic acids is 1. The molecule has 3 N–H and O–H groups in total. The van der Waals surface area contributed by atoms with Gasteiger partial charge in [-0.25, -0.2) is 5.73 Å². The van der Waals surface area contributed by atoms with Gasteiger partial charge in [0.2, 0.25) is 11.7 Å². The number of ether oxygens (including phenoxy) is 3. The van der Waals surface area contributed by atoms with Gasteiger partial charge in [-0.3, -0.25) is 4.79 Å². The van der Waals surface area contributed by atoms with Gasteiger partial charge in [0.15, 0.2) is 11.5 Å². The van der Waals surface area contributed by atoms with Crippen molar-refractivity contribution in [1.29, 1.82) is 0 Å². The summed E-state index contributed by atoms with van der Waals surface area (Å²) in [6.45, 7) is 1.46. The zero-order valence-electron chi connectivity index (χ0n) is 15.7. The number of benzene rings is 2. The number of nitrogens with one attached hydrogen (secondary N) is 2. The van der Waals surface area contributed by atoms with Crippen molar-refractivity contribution >= 4 is 23.7 Å². The van der Waals surface area contributed by atoms with Crippen LogP contribution in [0.3, 0.4) is 0 Å². The van der Waals surface area contributed by atoms with Gasteiger partial charge in [-0.1, -0.05) is 18.2 Å². The normalized spacial score (nSPS) is 11.9. The molecule has 0 aliphatic heterocycles. The molecule has 2 aromatic rings. The zero-order chi connectivity index (χ0) is 20.0. The minimum Gasteiger partial charge on any atom is -0.506 e. The molecule has 7 heteroatoms. The molecule has 1 radical (unpaired) electrons. The largest absolute Gasteiger partial charge is 0.506 e. The first-order valence-electron chi connectivity index (χ1n) is 8.22. The summed E-state index contributed by atoms with van der Waals surface area (Å²) in [6.07, 6.45) is 3.66. The van der Waals surface area contributed by atoms with Crippen molar-refractivity contribution in [3.8, 4) is 23.0 Å². The second-order valence-electron chi connectivity index (χ2n) is 5.78. The van der Waals surface area contributed by atoms with Gasteiger partial charge in [-0.05, 0) is 42.3 Å². The van der Waals surface area contributed by atoms with E-state index in [1.165, 1.54) is 13.0 Å². The van der Waals surface area contributed by atoms with E-state index in [1.54, 1.807) is 33.5 Å². The zero-order valence-corrected chi connectivity index (χ0v) is 15.7. The van der Waals surface area contributed by atoms with E-state index in [2.05, 4.69) is 5.32 Å². The molecule has 143 valence electrons. The highest BCUT2D eigenvalue weighted by atomic mass is 16.5. The lowest BCUT2D eigenvalue weighted by Gasteiger charge is -2.13. The molecule has 0 aliphatic carbocycles. The molecular weight excluding hydrogens is 348 g/mol. The molecule has 27 heavy (non-hydrogen) atoms. The van der Waals surface area contributed by atoms with Gasteiger partial charge in [0.25, 0.3) is 0 Å². The number of phenolic OH excluding ortho intramolecular Hbond substituents is 1. The van der Waals surface area contributed by atoms with Gasteiger partial charge < -0.3 is 24.6 Å². The summed E-state index contributed by atoms with van der Waals surface area (Å²) in [5.41, 5.74) is 9.26. The summed E-state index contributed by atoms with van der Waals surface area (Å²) in [4.78, 5) is 11.7. The minimum absolute atomic E-state index is 0.0612. The van der Waals surface area contributed by atoms with Crippen LogP contribution in [0.5, 0.6) is 23.0 Å². The molecule has 0 aromatic heterocycles. The fourth-order valence-electron chi connectivity index (χ4n) is 2.39. The molecule has 0 saturated carbocycles. The maximum Gasteiger partial charge on any atom is 0.242 e. The molecule has 1 amide bonds. The monoisotopic (exact) mass is 371 g/mol. The quantitative estimate of drug-likeness (QED) is 0.575. The number of aromatic hydroxyl groups is 1. The van der Waals surface area contributed by atoms with Crippen molar-refractivity contribution in [3.63, 3.8) is 0 Å². The van der Waals surface area contributed by atoms with Crippen LogP contribution in [0.1, 0.15) is 18.1 Å². The van der Waals surface area contributed by atoms with Crippen molar-refractivity contribution in [2.24, 2.45) is 0 Å². The van der Waals surface area contributed by atoms with Crippen LogP contribution in [0.15, 0.2) is 30.3 Å². The Labute approximate surface area is 158 Å². The number of methoxy groups -OCH3 is 3. The molecule has 1 atom stereocenters. The Bertz CT molecular complexity index is 821. The van der Waals surface area contributed by atoms with Crippen molar-refractivity contribution < 1.29 is 24.1 Å². The SMILES string of the molecule is COc1cc(/C=C\c2ccc(O)c(NC(=O)C(C)[NH])c2)cc(OC)c1OC. The van der Waals surface area contributed by atoms with Crippen LogP contribution in [0.2, 0.25) is 0 Å². The Kier molecular flexibility index (Phi) is 6.67. The number of amides is 1. The van der Waals surface area contributed by atoms with Gasteiger partial charge >= 0.3 is 0 Å². The summed E-state index contributed by atoms with van der Waals surface area (Å²) in [5, 5.41) is 12.4. The topological polar surface area (TPSA) is 101 Å². The molecule has 0 spiro atoms. The van der Waals surface area contributed by atoms with Gasteiger partial charge in [-0.2, -0.15) is 0 Å². The van der Waals surface area contributed by atoms with E-state index in [0.29, 0.717) is 17.2 Å². The second kappa shape index (κ2) is 8.95. The van der Waals surface area contributed by atoms with Crippen LogP contribution in [0, 0.1) is 0 Å². The van der Waals surface area contributed by atoms with E-state index in [1.807, 2.05) is 24.3 Å². The molecule has 0 aliphatic rings. The van der Waals surface area contributed by atoms with Crippen LogP contribution in [-0.4, -0.2) is 38.4 Å². The van der Waals surface area contributed by atoms with Crippen molar-refractivity contribution in [2.45, 2.75) is 13.0 Å². The maximum absolute atomic E-state index is 11.7. The van der Waals surface area contributed by atoms with E-state index < -0.39 is 11.9 Å². The van der Waals surface area contributed by atoms with Crippen LogP contribution in [-0.2, 0) is 4.79 Å². The average molecular weight is 371 g/mol. The first-order valence-corrected chi connectivity index (χ1v) is 8.22. The van der Waals surface area contributed by atoms with Gasteiger partial charge in [0.05, 0.1) is 33.1 Å². The lowest BCUT2D eigenvalue weighted by molar-refractivity contribution is -0.117. The van der Waals surface area contributed by atoms with E-state index in [-0.39, 0.29) is 11.4 Å². The lowest BCUT2D eigenvalue weighted by atomic mass is 10.1. The fourth-order valence-corrected chi connectivity index (χ4v) is 2.39. The summed E-state index contributed by atoms with van der Waals surface area (Å²) in [7, 11) is 4.64. The van der Waals surface area contributed by atoms with Gasteiger partial charge in [0.1, 0.15) is 5.75 Å². The number of hydrogen-bond donors (Lipinski definition) is 2. The second-order valence-corrected chi connectivity index (χ2v) is 5.78. The van der Waals surface area contributed by atoms with Crippen molar-refractivity contribution in [1.82, 2.24) is 5.73 Å². The molecule has 0 heterocycles. The first-order chi connectivity index (χ1) is 12.9. The summed E-state index contributed by atoms with van der Waals surface area (Å²) in [5.74, 6) is 1.04. The Morgan fingerprint density at radius 2 is 1.63 bits per heavy atom. The molecule has 2 rings (SSSR count). The third-order valence-electron chi connectivity index (χ3n) is 3.83. The number of carbonyl (C=O) groups is 1. The van der Waals surface area contributed by atoms with Gasteiger partial charge in [0, 0.05) is 0 Å². The van der Waals surface area contributed by atoms with Crippen molar-refractivity contribution in [3.05, 3.63) is 41.5 Å². The van der Waals surface area contributed by atoms with E-state index >= 15 is 0 Å². The Hall–Kier alpha value is -3.19. The van der Waals surface area contributed by atoms with Crippen LogP contribution < -0.4 is 25.3 Å². The standard InChI is InChI=1S/C20H23N2O5/c1-12(21)20(24)22-15-9-13(7-8-16(15)23)5-6-14-10-17(25-2)19(27-4)18(11-14)26-3/h5-12,21,23H,1-4H3,(H,22,24)/b6-5-. The molecular formula is C20H23N2O5. The Morgan fingerprint density at radius 1 is 1.04 bits per heavy atom. The fraction of sp³-hybridized carbons (Fsp3) is 0.250. The first kappa shape index (κ1) is 20.1. The van der Waals surface area contributed by atoms with Crippen LogP contribution >= 0.6 is 0 Å². The molecule has 0 bridgehead atoms. The molecule has 0 saturated heterocycles. The lowest BCUT2D eigenvalue weighted by Crippen LogP contribution is -2.25. The number of hydrogen-bond acceptors (Lipinski definition) is 5. The number of rotatable bonds is 7. The minimum atomic E-state index is -0.928. The third-order valence-corrected chi connectivity index (χ3v) is 3.83. The van der Waals surface area contributed by atoms with Gasteiger partial charge in [-0.15, -0.1) is 0 Å². The maximum atomic E-state index is 11.7. The average Bonchev–Trinajstić information content (AvgIpc) is 2.67. The Balaban J connectivity index is 2.31. The Morgan fingerprint density at radius 3 is 2.15 bits per heavy atom. The summed E-state index contributed by atoms with van der Waals surface area (Å²) < 4.78 is 16.0. The predicted molar refractivity (Wildman–Crippen MR) is 104 cm³/mol. The molecule has 2 aromatic carbocycles. The summed E-state index contributed by atoms with van der Waals surface area (Å²) >= 11 is 0. The highest BCUT2D eigenvalue weighted by Crippen LogP contribution is 2.38. The molecule has 7 nitrogen and oxygen atoms in total. The molecule has 0 fully saturated rings. The predicted octanol–water partition coefficient (Wildman–Crippen LogP) is 3.20. The van der Waals surface area contributed by atoms with E-state index in [4.69, 9.17) is 19.9 Å². The van der Waals surface area contributed by atoms with Crippen molar-refractivity contribution in [2.75, 3.05) is 26.6 Å². The highest BCUT2D eigenvalue weighted by molar-refractivity contribution is 5.96. The third kappa shape index (κ3) is 4.92.